The highest BCUT2D eigenvalue weighted by Crippen LogP contribution is 2.20. The summed E-state index contributed by atoms with van der Waals surface area (Å²) in [4.78, 5) is 18.9. The fraction of sp³-hybridized carbons (Fsp3) is 0.500. The first-order valence-electron chi connectivity index (χ1n) is 6.72. The van der Waals surface area contributed by atoms with Crippen molar-refractivity contribution < 1.29 is 14.8 Å². The molecule has 1 saturated carbocycles. The molecule has 6 heteroatoms. The molecule has 0 heterocycles. The minimum atomic E-state index is -0.308. The van der Waals surface area contributed by atoms with E-state index in [9.17, 15) is 10.1 Å². The number of hydrogen-bond donors (Lipinski definition) is 2. The zero-order chi connectivity index (χ0) is 14.8. The molecule has 1 aromatic carbocycles. The largest absolute Gasteiger partial charge is 0.483 e. The third-order valence-corrected chi connectivity index (χ3v) is 3.37. The Labute approximate surface area is 118 Å². The molecule has 0 aromatic heterocycles. The fourth-order valence-electron chi connectivity index (χ4n) is 2.40. The molecule has 0 unspecified atom stereocenters. The van der Waals surface area contributed by atoms with Gasteiger partial charge in [-0.1, -0.05) is 37.5 Å². The van der Waals surface area contributed by atoms with Gasteiger partial charge in [0, 0.05) is 24.2 Å². The summed E-state index contributed by atoms with van der Waals surface area (Å²) in [6, 6.07) is 7.49. The van der Waals surface area contributed by atoms with E-state index in [1.54, 1.807) is 12.1 Å². The van der Waals surface area contributed by atoms with Gasteiger partial charge in [-0.3, -0.25) is 14.9 Å². The molecule has 2 rings (SSSR count). The zero-order valence-corrected chi connectivity index (χ0v) is 11.3. The standard InChI is InChI=1S/C13H18N2O2.CH2O2/c16-15(17)13-9-5-4-6-11(13)10-14-12-7-2-1-3-8-12;2-1-3/h4-6,9,12,14H,1-3,7-8,10H2;1H,(H,2,3). The molecule has 0 bridgehead atoms. The fourth-order valence-corrected chi connectivity index (χ4v) is 2.40. The first kappa shape index (κ1) is 16.1. The Morgan fingerprint density at radius 1 is 1.30 bits per heavy atom. The maximum Gasteiger partial charge on any atom is 0.290 e. The van der Waals surface area contributed by atoms with E-state index >= 15 is 0 Å². The number of nitrogens with zero attached hydrogens (tertiary/aromatic N) is 1. The number of nitrogens with one attached hydrogen (secondary N) is 1. The lowest BCUT2D eigenvalue weighted by Gasteiger charge is -2.22. The van der Waals surface area contributed by atoms with Crippen molar-refractivity contribution in [2.24, 2.45) is 0 Å². The van der Waals surface area contributed by atoms with E-state index in [1.165, 1.54) is 32.1 Å². The van der Waals surface area contributed by atoms with Crippen LogP contribution in [0.15, 0.2) is 24.3 Å². The van der Waals surface area contributed by atoms with Crippen LogP contribution in [0.3, 0.4) is 0 Å². The summed E-state index contributed by atoms with van der Waals surface area (Å²) in [6.45, 7) is 0.349. The highest BCUT2D eigenvalue weighted by Gasteiger charge is 2.16. The van der Waals surface area contributed by atoms with Gasteiger partial charge in [-0.05, 0) is 12.8 Å². The second-order valence-corrected chi connectivity index (χ2v) is 4.71. The zero-order valence-electron chi connectivity index (χ0n) is 11.3. The van der Waals surface area contributed by atoms with Crippen LogP contribution in [0.1, 0.15) is 37.7 Å². The molecule has 2 N–H and O–H groups in total. The van der Waals surface area contributed by atoms with Crippen molar-refractivity contribution in [2.45, 2.75) is 44.7 Å². The molecule has 1 fully saturated rings. The number of rotatable bonds is 4. The van der Waals surface area contributed by atoms with Crippen LogP contribution in [0.25, 0.3) is 0 Å². The van der Waals surface area contributed by atoms with Crippen LogP contribution < -0.4 is 5.32 Å². The number of carboxylic acid groups (broad SMARTS) is 1. The van der Waals surface area contributed by atoms with Gasteiger partial charge in [0.15, 0.2) is 0 Å². The van der Waals surface area contributed by atoms with Crippen LogP contribution in [-0.4, -0.2) is 22.5 Å². The summed E-state index contributed by atoms with van der Waals surface area (Å²) in [7, 11) is 0. The minimum absolute atomic E-state index is 0.218. The van der Waals surface area contributed by atoms with E-state index in [1.807, 2.05) is 12.1 Å². The molecule has 0 atom stereocenters. The third-order valence-electron chi connectivity index (χ3n) is 3.37. The second kappa shape index (κ2) is 9.03. The number of benzene rings is 1. The van der Waals surface area contributed by atoms with Crippen LogP contribution in [0.5, 0.6) is 0 Å². The molecular weight excluding hydrogens is 260 g/mol. The predicted molar refractivity (Wildman–Crippen MR) is 75.5 cm³/mol. The molecule has 1 aliphatic rings. The Hall–Kier alpha value is -1.95. The highest BCUT2D eigenvalue weighted by atomic mass is 16.6. The van der Waals surface area contributed by atoms with Gasteiger partial charge in [-0.25, -0.2) is 0 Å². The van der Waals surface area contributed by atoms with Gasteiger partial charge in [0.05, 0.1) is 4.92 Å². The summed E-state index contributed by atoms with van der Waals surface area (Å²) < 4.78 is 0. The normalized spacial score (nSPS) is 15.0. The van der Waals surface area contributed by atoms with E-state index in [4.69, 9.17) is 9.90 Å². The van der Waals surface area contributed by atoms with Crippen molar-refractivity contribution in [3.8, 4) is 0 Å². The molecule has 0 amide bonds. The molecule has 6 nitrogen and oxygen atoms in total. The first-order chi connectivity index (χ1) is 9.69. The van der Waals surface area contributed by atoms with Crippen molar-refractivity contribution >= 4 is 12.2 Å². The lowest BCUT2D eigenvalue weighted by Crippen LogP contribution is -2.30. The Bertz CT molecular complexity index is 431. The van der Waals surface area contributed by atoms with Gasteiger partial charge in [0.1, 0.15) is 0 Å². The van der Waals surface area contributed by atoms with E-state index in [2.05, 4.69) is 5.32 Å². The monoisotopic (exact) mass is 280 g/mol. The Morgan fingerprint density at radius 3 is 2.50 bits per heavy atom. The van der Waals surface area contributed by atoms with Crippen molar-refractivity contribution in [3.63, 3.8) is 0 Å². The van der Waals surface area contributed by atoms with E-state index in [-0.39, 0.29) is 17.1 Å². The number of para-hydroxylation sites is 1. The number of hydrogen-bond acceptors (Lipinski definition) is 4. The third kappa shape index (κ3) is 5.36. The van der Waals surface area contributed by atoms with Crippen molar-refractivity contribution in [3.05, 3.63) is 39.9 Å². The van der Waals surface area contributed by atoms with Gasteiger partial charge in [0.25, 0.3) is 12.2 Å². The maximum atomic E-state index is 10.9. The Balaban J connectivity index is 0.000000612. The number of nitro benzene ring substituents is 1. The van der Waals surface area contributed by atoms with Crippen LogP contribution in [0.2, 0.25) is 0 Å². The molecule has 20 heavy (non-hydrogen) atoms. The average molecular weight is 280 g/mol. The first-order valence-corrected chi connectivity index (χ1v) is 6.72. The summed E-state index contributed by atoms with van der Waals surface area (Å²) in [6.07, 6.45) is 6.26. The lowest BCUT2D eigenvalue weighted by molar-refractivity contribution is -0.385. The molecule has 1 aliphatic carbocycles. The SMILES string of the molecule is O=CO.O=[N+]([O-])c1ccccc1CNC1CCCCC1. The van der Waals surface area contributed by atoms with E-state index in [0.717, 1.165) is 5.56 Å². The van der Waals surface area contributed by atoms with Crippen molar-refractivity contribution in [1.29, 1.82) is 0 Å². The quantitative estimate of drug-likeness (QED) is 0.502. The summed E-state index contributed by atoms with van der Waals surface area (Å²) >= 11 is 0. The van der Waals surface area contributed by atoms with Crippen molar-refractivity contribution in [1.82, 2.24) is 5.32 Å². The highest BCUT2D eigenvalue weighted by molar-refractivity contribution is 5.39. The predicted octanol–water partition coefficient (Wildman–Crippen LogP) is 2.72. The van der Waals surface area contributed by atoms with Gasteiger partial charge >= 0.3 is 0 Å². The topological polar surface area (TPSA) is 92.5 Å². The Morgan fingerprint density at radius 2 is 1.90 bits per heavy atom. The smallest absolute Gasteiger partial charge is 0.290 e. The maximum absolute atomic E-state index is 10.9. The van der Waals surface area contributed by atoms with Crippen LogP contribution in [0, 0.1) is 10.1 Å². The van der Waals surface area contributed by atoms with Gasteiger partial charge in [-0.15, -0.1) is 0 Å². The number of nitro groups is 1. The van der Waals surface area contributed by atoms with Crippen LogP contribution in [0.4, 0.5) is 5.69 Å². The minimum Gasteiger partial charge on any atom is -0.483 e. The molecule has 0 radical (unpaired) electrons. The summed E-state index contributed by atoms with van der Waals surface area (Å²) in [5, 5.41) is 21.2. The molecule has 0 spiro atoms. The lowest BCUT2D eigenvalue weighted by atomic mass is 9.95. The van der Waals surface area contributed by atoms with Crippen LogP contribution in [-0.2, 0) is 11.3 Å². The van der Waals surface area contributed by atoms with Gasteiger partial charge in [-0.2, -0.15) is 0 Å². The molecule has 110 valence electrons. The molecule has 1 aromatic rings. The average Bonchev–Trinajstić information content (AvgIpc) is 2.47. The summed E-state index contributed by atoms with van der Waals surface area (Å²) in [5.74, 6) is 0. The molecule has 0 aliphatic heterocycles. The summed E-state index contributed by atoms with van der Waals surface area (Å²) in [5.41, 5.74) is 0.999. The molecular formula is C14H20N2O4. The van der Waals surface area contributed by atoms with Gasteiger partial charge in [0.2, 0.25) is 0 Å². The molecule has 0 saturated heterocycles. The van der Waals surface area contributed by atoms with E-state index < -0.39 is 0 Å². The van der Waals surface area contributed by atoms with Gasteiger partial charge < -0.3 is 10.4 Å². The second-order valence-electron chi connectivity index (χ2n) is 4.71. The number of carbonyl (C=O) groups is 1. The van der Waals surface area contributed by atoms with Crippen LogP contribution >= 0.6 is 0 Å². The van der Waals surface area contributed by atoms with E-state index in [0.29, 0.717) is 12.6 Å². The Kier molecular flexibility index (Phi) is 7.27. The van der Waals surface area contributed by atoms with Crippen molar-refractivity contribution in [2.75, 3.05) is 0 Å².